The van der Waals surface area contributed by atoms with E-state index in [0.29, 0.717) is 11.6 Å². The van der Waals surface area contributed by atoms with E-state index in [-0.39, 0.29) is 6.10 Å². The zero-order chi connectivity index (χ0) is 16.7. The van der Waals surface area contributed by atoms with E-state index >= 15 is 0 Å². The van der Waals surface area contributed by atoms with Crippen LogP contribution >= 0.6 is 11.6 Å². The molecule has 2 rings (SSSR count). The van der Waals surface area contributed by atoms with Gasteiger partial charge in [0, 0.05) is 13.1 Å². The maximum Gasteiger partial charge on any atom is 0.146 e. The number of halogens is 1. The molecule has 2 aromatic rings. The van der Waals surface area contributed by atoms with Gasteiger partial charge in [-0.2, -0.15) is 0 Å². The molecule has 23 heavy (non-hydrogen) atoms. The first-order valence-corrected chi connectivity index (χ1v) is 8.54. The van der Waals surface area contributed by atoms with E-state index in [4.69, 9.17) is 16.3 Å². The molecule has 0 fully saturated rings. The van der Waals surface area contributed by atoms with Crippen molar-refractivity contribution in [2.45, 2.75) is 59.4 Å². The Kier molecular flexibility index (Phi) is 6.86. The van der Waals surface area contributed by atoms with Crippen molar-refractivity contribution in [3.05, 3.63) is 40.9 Å². The molecule has 1 aromatic carbocycles. The number of ether oxygens (including phenoxy) is 1. The number of benzene rings is 1. The van der Waals surface area contributed by atoms with Crippen LogP contribution in [0.4, 0.5) is 0 Å². The molecule has 5 nitrogen and oxygen atoms in total. The third kappa shape index (κ3) is 5.22. The fourth-order valence-corrected chi connectivity index (χ4v) is 2.46. The Bertz CT molecular complexity index is 614. The molecular formula is C17H25ClN4O. The van der Waals surface area contributed by atoms with Gasteiger partial charge in [0.1, 0.15) is 17.9 Å². The van der Waals surface area contributed by atoms with Crippen molar-refractivity contribution in [1.82, 2.24) is 20.1 Å². The summed E-state index contributed by atoms with van der Waals surface area (Å²) in [7, 11) is 0. The lowest BCUT2D eigenvalue weighted by Crippen LogP contribution is -2.17. The van der Waals surface area contributed by atoms with Crippen LogP contribution in [0.2, 0.25) is 5.02 Å². The average molecular weight is 337 g/mol. The van der Waals surface area contributed by atoms with Crippen LogP contribution < -0.4 is 10.1 Å². The molecule has 1 N–H and O–H groups in total. The average Bonchev–Trinajstić information content (AvgIpc) is 2.97. The number of nitrogens with one attached hydrogen (secondary N) is 1. The van der Waals surface area contributed by atoms with E-state index in [9.17, 15) is 0 Å². The van der Waals surface area contributed by atoms with Crippen LogP contribution in [0.15, 0.2) is 24.5 Å². The Morgan fingerprint density at radius 3 is 2.83 bits per heavy atom. The van der Waals surface area contributed by atoms with Gasteiger partial charge in [0.15, 0.2) is 0 Å². The largest absolute Gasteiger partial charge is 0.489 e. The van der Waals surface area contributed by atoms with Crippen LogP contribution in [0.25, 0.3) is 0 Å². The molecule has 0 aliphatic heterocycles. The molecular weight excluding hydrogens is 312 g/mol. The molecule has 6 heteroatoms. The van der Waals surface area contributed by atoms with Crippen LogP contribution in [-0.2, 0) is 19.6 Å². The standard InChI is InChI=1S/C17H25ClN4O/c1-4-8-22-12-20-21-17(22)11-19-10-14-6-7-16(15(18)9-14)23-13(3)5-2/h6-7,9,12-13,19H,4-5,8,10-11H2,1-3H3/t13-/m1/s1. The topological polar surface area (TPSA) is 52.0 Å². The van der Waals surface area contributed by atoms with Gasteiger partial charge in [-0.1, -0.05) is 31.5 Å². The summed E-state index contributed by atoms with van der Waals surface area (Å²) in [5.41, 5.74) is 1.12. The zero-order valence-electron chi connectivity index (χ0n) is 14.1. The van der Waals surface area contributed by atoms with Crippen molar-refractivity contribution >= 4 is 11.6 Å². The number of rotatable bonds is 9. The predicted octanol–water partition coefficient (Wildman–Crippen LogP) is 3.81. The summed E-state index contributed by atoms with van der Waals surface area (Å²) < 4.78 is 7.85. The van der Waals surface area contributed by atoms with Gasteiger partial charge in [0.25, 0.3) is 0 Å². The SMILES string of the molecule is CCCn1cnnc1CNCc1ccc(O[C@H](C)CC)c(Cl)c1. The van der Waals surface area contributed by atoms with Gasteiger partial charge < -0.3 is 14.6 Å². The summed E-state index contributed by atoms with van der Waals surface area (Å²) in [6.07, 6.45) is 3.97. The summed E-state index contributed by atoms with van der Waals surface area (Å²) in [6.45, 7) is 8.62. The van der Waals surface area contributed by atoms with Gasteiger partial charge in [0.2, 0.25) is 0 Å². The molecule has 0 unspecified atom stereocenters. The minimum absolute atomic E-state index is 0.168. The minimum atomic E-state index is 0.168. The van der Waals surface area contributed by atoms with Gasteiger partial charge in [-0.15, -0.1) is 10.2 Å². The van der Waals surface area contributed by atoms with Gasteiger partial charge in [0.05, 0.1) is 17.7 Å². The van der Waals surface area contributed by atoms with Gasteiger partial charge in [-0.3, -0.25) is 0 Å². The molecule has 0 saturated heterocycles. The molecule has 0 amide bonds. The summed E-state index contributed by atoms with van der Waals surface area (Å²) >= 11 is 6.30. The van der Waals surface area contributed by atoms with Crippen molar-refractivity contribution in [2.75, 3.05) is 0 Å². The Hall–Kier alpha value is -1.59. The summed E-state index contributed by atoms with van der Waals surface area (Å²) in [4.78, 5) is 0. The molecule has 0 bridgehead atoms. The molecule has 0 aliphatic rings. The second kappa shape index (κ2) is 8.89. The lowest BCUT2D eigenvalue weighted by Gasteiger charge is -2.14. The molecule has 0 aliphatic carbocycles. The van der Waals surface area contributed by atoms with Crippen molar-refractivity contribution in [3.63, 3.8) is 0 Å². The lowest BCUT2D eigenvalue weighted by molar-refractivity contribution is 0.217. The smallest absolute Gasteiger partial charge is 0.146 e. The first-order chi connectivity index (χ1) is 11.1. The third-order valence-corrected chi connectivity index (χ3v) is 3.97. The number of hydrogen-bond acceptors (Lipinski definition) is 4. The highest BCUT2D eigenvalue weighted by atomic mass is 35.5. The maximum atomic E-state index is 6.30. The van der Waals surface area contributed by atoms with Gasteiger partial charge in [-0.05, 0) is 37.5 Å². The molecule has 0 spiro atoms. The molecule has 1 aromatic heterocycles. The Morgan fingerprint density at radius 2 is 2.13 bits per heavy atom. The summed E-state index contributed by atoms with van der Waals surface area (Å²) in [5, 5.41) is 12.1. The molecule has 0 radical (unpaired) electrons. The monoisotopic (exact) mass is 336 g/mol. The first-order valence-electron chi connectivity index (χ1n) is 8.16. The zero-order valence-corrected chi connectivity index (χ0v) is 14.8. The Balaban J connectivity index is 1.88. The van der Waals surface area contributed by atoms with E-state index in [1.165, 1.54) is 0 Å². The third-order valence-electron chi connectivity index (χ3n) is 3.67. The lowest BCUT2D eigenvalue weighted by atomic mass is 10.2. The highest BCUT2D eigenvalue weighted by molar-refractivity contribution is 6.32. The van der Waals surface area contributed by atoms with Crippen LogP contribution in [0, 0.1) is 0 Å². The van der Waals surface area contributed by atoms with Crippen LogP contribution in [-0.4, -0.2) is 20.9 Å². The normalized spacial score (nSPS) is 12.3. The van der Waals surface area contributed by atoms with Gasteiger partial charge in [-0.25, -0.2) is 0 Å². The molecule has 1 atom stereocenters. The fourth-order valence-electron chi connectivity index (χ4n) is 2.21. The Labute approximate surface area is 143 Å². The van der Waals surface area contributed by atoms with Crippen molar-refractivity contribution < 1.29 is 4.74 Å². The quantitative estimate of drug-likeness (QED) is 0.756. The van der Waals surface area contributed by atoms with Crippen molar-refractivity contribution in [2.24, 2.45) is 0 Å². The summed E-state index contributed by atoms with van der Waals surface area (Å²) in [6, 6.07) is 5.92. The maximum absolute atomic E-state index is 6.30. The molecule has 0 saturated carbocycles. The minimum Gasteiger partial charge on any atom is -0.489 e. The second-order valence-electron chi connectivity index (χ2n) is 5.65. The van der Waals surface area contributed by atoms with Crippen LogP contribution in [0.5, 0.6) is 5.75 Å². The number of nitrogens with zero attached hydrogens (tertiary/aromatic N) is 3. The van der Waals surface area contributed by atoms with E-state index in [0.717, 1.165) is 43.1 Å². The van der Waals surface area contributed by atoms with E-state index in [1.54, 1.807) is 6.33 Å². The summed E-state index contributed by atoms with van der Waals surface area (Å²) in [5.74, 6) is 1.70. The predicted molar refractivity (Wildman–Crippen MR) is 92.7 cm³/mol. The Morgan fingerprint density at radius 1 is 1.30 bits per heavy atom. The van der Waals surface area contributed by atoms with E-state index in [1.807, 2.05) is 25.1 Å². The highest BCUT2D eigenvalue weighted by Crippen LogP contribution is 2.26. The number of aryl methyl sites for hydroxylation is 1. The van der Waals surface area contributed by atoms with Gasteiger partial charge >= 0.3 is 0 Å². The van der Waals surface area contributed by atoms with E-state index < -0.39 is 0 Å². The fraction of sp³-hybridized carbons (Fsp3) is 0.529. The van der Waals surface area contributed by atoms with Crippen LogP contribution in [0.3, 0.4) is 0 Å². The van der Waals surface area contributed by atoms with Crippen molar-refractivity contribution in [3.8, 4) is 5.75 Å². The van der Waals surface area contributed by atoms with E-state index in [2.05, 4.69) is 33.9 Å². The van der Waals surface area contributed by atoms with Crippen molar-refractivity contribution in [1.29, 1.82) is 0 Å². The molecule has 126 valence electrons. The molecule has 1 heterocycles. The number of aromatic nitrogens is 3. The highest BCUT2D eigenvalue weighted by Gasteiger charge is 2.07. The second-order valence-corrected chi connectivity index (χ2v) is 6.05. The number of hydrogen-bond donors (Lipinski definition) is 1. The van der Waals surface area contributed by atoms with Crippen LogP contribution in [0.1, 0.15) is 45.0 Å². The first kappa shape index (κ1) is 17.8.